The monoisotopic (exact) mass is 453 g/mol. The maximum Gasteiger partial charge on any atom is 0.269 e. The number of aromatic nitrogens is 4. The fourth-order valence-corrected chi connectivity index (χ4v) is 5.07. The third kappa shape index (κ3) is 3.46. The molecule has 5 rings (SSSR count). The maximum atomic E-state index is 13.4. The van der Waals surface area contributed by atoms with Gasteiger partial charge in [-0.3, -0.25) is 24.0 Å². The third-order valence-electron chi connectivity index (χ3n) is 6.17. The third-order valence-corrected chi connectivity index (χ3v) is 6.36. The largest absolute Gasteiger partial charge is 0.364 e. The Hall–Kier alpha value is -3.53. The molecule has 2 bridgehead atoms. The quantitative estimate of drug-likeness (QED) is 0.602. The molecule has 1 saturated carbocycles. The van der Waals surface area contributed by atoms with Crippen LogP contribution >= 0.6 is 11.6 Å². The number of primary amides is 1. The number of halogens is 1. The lowest BCUT2D eigenvalue weighted by molar-refractivity contribution is -0.141. The molecular weight excluding hydrogens is 434 g/mol. The molecular formula is C21H20ClN7O3. The van der Waals surface area contributed by atoms with E-state index in [0.29, 0.717) is 10.9 Å². The van der Waals surface area contributed by atoms with Crippen LogP contribution in [0.15, 0.2) is 36.7 Å². The number of anilines is 1. The van der Waals surface area contributed by atoms with Gasteiger partial charge in [-0.05, 0) is 31.2 Å². The molecule has 1 saturated heterocycles. The number of piperidine rings is 1. The van der Waals surface area contributed by atoms with Gasteiger partial charge in [0.1, 0.15) is 17.7 Å². The predicted molar refractivity (Wildman–Crippen MR) is 116 cm³/mol. The highest BCUT2D eigenvalue weighted by Crippen LogP contribution is 2.43. The Morgan fingerprint density at radius 3 is 2.78 bits per heavy atom. The number of amides is 3. The Kier molecular flexibility index (Phi) is 5.01. The van der Waals surface area contributed by atoms with Crippen molar-refractivity contribution < 1.29 is 14.4 Å². The van der Waals surface area contributed by atoms with Gasteiger partial charge < -0.3 is 16.0 Å². The zero-order valence-electron chi connectivity index (χ0n) is 16.9. The molecule has 10 nitrogen and oxygen atoms in total. The standard InChI is InChI=1S/C21H20ClN7O3/c22-15-8-24-9-16(25-15)26-21(32)19-11-5-6-12(7-11)29(19)17(30)10-28-14-4-2-1-3-13(14)18(27-28)20(23)31/h1-4,8-9,11-12,19H,5-7,10H2,(H2,23,31)(H,25,26,32)/t11-,12+,19-/m0/s1. The fourth-order valence-electron chi connectivity index (χ4n) is 4.93. The topological polar surface area (TPSA) is 136 Å². The Morgan fingerprint density at radius 1 is 1.19 bits per heavy atom. The first-order chi connectivity index (χ1) is 15.4. The van der Waals surface area contributed by atoms with Crippen molar-refractivity contribution in [2.45, 2.75) is 37.9 Å². The van der Waals surface area contributed by atoms with Crippen LogP contribution < -0.4 is 11.1 Å². The van der Waals surface area contributed by atoms with E-state index in [1.165, 1.54) is 17.1 Å². The van der Waals surface area contributed by atoms with Gasteiger partial charge in [0.15, 0.2) is 11.5 Å². The number of nitrogens with two attached hydrogens (primary N) is 1. The molecule has 0 unspecified atom stereocenters. The van der Waals surface area contributed by atoms with E-state index in [-0.39, 0.29) is 47.0 Å². The Labute approximate surface area is 187 Å². The van der Waals surface area contributed by atoms with Crippen molar-refractivity contribution >= 4 is 46.0 Å². The lowest BCUT2D eigenvalue weighted by atomic mass is 9.97. The number of carbonyl (C=O) groups is 3. The number of carbonyl (C=O) groups excluding carboxylic acids is 3. The van der Waals surface area contributed by atoms with Crippen molar-refractivity contribution in [3.8, 4) is 0 Å². The van der Waals surface area contributed by atoms with Crippen LogP contribution in [0.5, 0.6) is 0 Å². The summed E-state index contributed by atoms with van der Waals surface area (Å²) in [5.74, 6) is -0.898. The second-order valence-electron chi connectivity index (χ2n) is 8.08. The summed E-state index contributed by atoms with van der Waals surface area (Å²) in [4.78, 5) is 47.9. The van der Waals surface area contributed by atoms with E-state index < -0.39 is 11.9 Å². The number of para-hydroxylation sites is 1. The molecule has 1 aliphatic heterocycles. The van der Waals surface area contributed by atoms with Crippen LogP contribution in [0.2, 0.25) is 5.15 Å². The van der Waals surface area contributed by atoms with Crippen molar-refractivity contribution in [2.24, 2.45) is 11.7 Å². The summed E-state index contributed by atoms with van der Waals surface area (Å²) in [6, 6.07) is 6.48. The molecule has 2 aromatic heterocycles. The maximum absolute atomic E-state index is 13.4. The lowest BCUT2D eigenvalue weighted by Gasteiger charge is -2.34. The Morgan fingerprint density at radius 2 is 2.00 bits per heavy atom. The van der Waals surface area contributed by atoms with E-state index in [1.807, 2.05) is 0 Å². The van der Waals surface area contributed by atoms with Gasteiger partial charge in [-0.25, -0.2) is 4.98 Å². The van der Waals surface area contributed by atoms with E-state index in [2.05, 4.69) is 20.4 Å². The minimum absolute atomic E-state index is 0.00821. The first-order valence-corrected chi connectivity index (χ1v) is 10.6. The number of rotatable bonds is 5. The van der Waals surface area contributed by atoms with Crippen molar-refractivity contribution in [1.82, 2.24) is 24.6 Å². The second kappa shape index (κ2) is 7.86. The molecule has 32 heavy (non-hydrogen) atoms. The van der Waals surface area contributed by atoms with Gasteiger partial charge in [0.25, 0.3) is 5.91 Å². The number of benzene rings is 1. The minimum Gasteiger partial charge on any atom is -0.364 e. The van der Waals surface area contributed by atoms with Crippen molar-refractivity contribution in [3.05, 3.63) is 47.5 Å². The van der Waals surface area contributed by atoms with Crippen molar-refractivity contribution in [3.63, 3.8) is 0 Å². The molecule has 3 heterocycles. The zero-order chi connectivity index (χ0) is 22.4. The molecule has 1 aliphatic carbocycles. The van der Waals surface area contributed by atoms with Crippen molar-refractivity contribution in [1.29, 1.82) is 0 Å². The van der Waals surface area contributed by atoms with E-state index in [9.17, 15) is 14.4 Å². The molecule has 2 aliphatic rings. The highest BCUT2D eigenvalue weighted by molar-refractivity contribution is 6.29. The van der Waals surface area contributed by atoms with Crippen LogP contribution in [-0.4, -0.2) is 54.5 Å². The fraction of sp³-hybridized carbons (Fsp3) is 0.333. The first-order valence-electron chi connectivity index (χ1n) is 10.3. The number of nitrogens with zero attached hydrogens (tertiary/aromatic N) is 5. The minimum atomic E-state index is -0.660. The molecule has 3 aromatic rings. The average Bonchev–Trinajstić information content (AvgIpc) is 3.47. The second-order valence-corrected chi connectivity index (χ2v) is 8.46. The van der Waals surface area contributed by atoms with Gasteiger partial charge >= 0.3 is 0 Å². The van der Waals surface area contributed by atoms with E-state index in [4.69, 9.17) is 17.3 Å². The number of fused-ring (bicyclic) bond motifs is 3. The van der Waals surface area contributed by atoms with Gasteiger partial charge in [0.05, 0.1) is 17.9 Å². The number of likely N-dealkylation sites (tertiary alicyclic amines) is 1. The number of hydrogen-bond acceptors (Lipinski definition) is 6. The summed E-state index contributed by atoms with van der Waals surface area (Å²) in [5.41, 5.74) is 6.21. The molecule has 3 N–H and O–H groups in total. The first kappa shape index (κ1) is 20.4. The highest BCUT2D eigenvalue weighted by Gasteiger charge is 2.51. The molecule has 0 radical (unpaired) electrons. The summed E-state index contributed by atoms with van der Waals surface area (Å²) in [6.07, 6.45) is 5.29. The van der Waals surface area contributed by atoms with Gasteiger partial charge in [0.2, 0.25) is 11.8 Å². The summed E-state index contributed by atoms with van der Waals surface area (Å²) in [7, 11) is 0. The molecule has 3 atom stereocenters. The van der Waals surface area contributed by atoms with Gasteiger partial charge in [0, 0.05) is 11.4 Å². The van der Waals surface area contributed by atoms with Crippen LogP contribution in [0.1, 0.15) is 29.8 Å². The molecule has 164 valence electrons. The van der Waals surface area contributed by atoms with Crippen LogP contribution in [0.4, 0.5) is 5.82 Å². The SMILES string of the molecule is NC(=O)c1nn(CC(=O)N2[C@@H]3CC[C@@H](C3)[C@H]2C(=O)Nc2cncc(Cl)n2)c2ccccc12. The summed E-state index contributed by atoms with van der Waals surface area (Å²) < 4.78 is 1.47. The van der Waals surface area contributed by atoms with E-state index in [1.54, 1.807) is 29.2 Å². The van der Waals surface area contributed by atoms with Gasteiger partial charge in [-0.2, -0.15) is 5.10 Å². The van der Waals surface area contributed by atoms with Crippen LogP contribution in [-0.2, 0) is 16.1 Å². The molecule has 0 spiro atoms. The average molecular weight is 454 g/mol. The molecule has 11 heteroatoms. The smallest absolute Gasteiger partial charge is 0.269 e. The predicted octanol–water partition coefficient (Wildman–Crippen LogP) is 1.60. The molecule has 1 aromatic carbocycles. The number of hydrogen-bond donors (Lipinski definition) is 2. The van der Waals surface area contributed by atoms with Crippen LogP contribution in [0, 0.1) is 5.92 Å². The van der Waals surface area contributed by atoms with Gasteiger partial charge in [-0.1, -0.05) is 29.8 Å². The van der Waals surface area contributed by atoms with Crippen LogP contribution in [0.25, 0.3) is 10.9 Å². The Balaban J connectivity index is 1.41. The van der Waals surface area contributed by atoms with Gasteiger partial charge in [-0.15, -0.1) is 0 Å². The highest BCUT2D eigenvalue weighted by atomic mass is 35.5. The lowest BCUT2D eigenvalue weighted by Crippen LogP contribution is -2.52. The zero-order valence-corrected chi connectivity index (χ0v) is 17.7. The van der Waals surface area contributed by atoms with Crippen LogP contribution in [0.3, 0.4) is 0 Å². The number of nitrogens with one attached hydrogen (secondary N) is 1. The summed E-state index contributed by atoms with van der Waals surface area (Å²) >= 11 is 5.86. The van der Waals surface area contributed by atoms with E-state index in [0.717, 1.165) is 19.3 Å². The van der Waals surface area contributed by atoms with E-state index >= 15 is 0 Å². The molecule has 3 amide bonds. The Bertz CT molecular complexity index is 1240. The van der Waals surface area contributed by atoms with Crippen molar-refractivity contribution in [2.75, 3.05) is 5.32 Å². The normalized spacial score (nSPS) is 21.8. The molecule has 2 fully saturated rings. The summed E-state index contributed by atoms with van der Waals surface area (Å²) in [5, 5.41) is 7.76. The summed E-state index contributed by atoms with van der Waals surface area (Å²) in [6.45, 7) is -0.0994.